The molecule has 0 saturated carbocycles. The number of aryl methyl sites for hydroxylation is 1. The average Bonchev–Trinajstić information content (AvgIpc) is 2.53. The minimum Gasteiger partial charge on any atom is -0.408 e. The van der Waals surface area contributed by atoms with Gasteiger partial charge in [-0.3, -0.25) is 0 Å². The second-order valence-electron chi connectivity index (χ2n) is 5.74. The Morgan fingerprint density at radius 1 is 1.12 bits per heavy atom. The van der Waals surface area contributed by atoms with Gasteiger partial charge in [0.15, 0.2) is 18.1 Å². The van der Waals surface area contributed by atoms with Crippen LogP contribution >= 0.6 is 0 Å². The van der Waals surface area contributed by atoms with Gasteiger partial charge >= 0.3 is 6.09 Å². The highest BCUT2D eigenvalue weighted by atomic mass is 16.6. The molecule has 0 saturated heterocycles. The molecule has 1 heterocycles. The number of anilines is 1. The van der Waals surface area contributed by atoms with Gasteiger partial charge < -0.3 is 14.5 Å². The van der Waals surface area contributed by atoms with Crippen LogP contribution in [0.3, 0.4) is 0 Å². The first-order valence-electron chi connectivity index (χ1n) is 7.44. The Kier molecular flexibility index (Phi) is 5.47. The van der Waals surface area contributed by atoms with E-state index < -0.39 is 6.09 Å². The van der Waals surface area contributed by atoms with Crippen LogP contribution in [0.25, 0.3) is 0 Å². The second-order valence-corrected chi connectivity index (χ2v) is 5.74. The van der Waals surface area contributed by atoms with Crippen LogP contribution < -0.4 is 14.2 Å². The van der Waals surface area contributed by atoms with Gasteiger partial charge in [0.1, 0.15) is 18.4 Å². The molecule has 7 heteroatoms. The predicted octanol–water partition coefficient (Wildman–Crippen LogP) is 3.05. The molecule has 126 valence electrons. The quantitative estimate of drug-likeness (QED) is 0.640. The van der Waals surface area contributed by atoms with Gasteiger partial charge in [0.25, 0.3) is 0 Å². The molecule has 0 unspecified atom stereocenters. The van der Waals surface area contributed by atoms with Gasteiger partial charge in [-0.05, 0) is 18.2 Å². The van der Waals surface area contributed by atoms with Crippen LogP contribution in [0.2, 0.25) is 0 Å². The van der Waals surface area contributed by atoms with E-state index in [0.717, 1.165) is 5.69 Å². The molecule has 7 nitrogen and oxygen atoms in total. The number of amides is 1. The number of ether oxygens (including phenoxy) is 1. The first-order valence-corrected chi connectivity index (χ1v) is 7.44. The molecule has 0 radical (unpaired) electrons. The largest absolute Gasteiger partial charge is 0.414 e. The van der Waals surface area contributed by atoms with Crippen molar-refractivity contribution in [1.29, 1.82) is 0 Å². The summed E-state index contributed by atoms with van der Waals surface area (Å²) in [6.07, 6.45) is 3.30. The molecular formula is C17H22N5O2+. The summed E-state index contributed by atoms with van der Waals surface area (Å²) in [7, 11) is 9.00. The van der Waals surface area contributed by atoms with E-state index in [9.17, 15) is 4.79 Å². The third-order valence-corrected chi connectivity index (χ3v) is 3.22. The van der Waals surface area contributed by atoms with Crippen molar-refractivity contribution in [2.75, 3.05) is 33.1 Å². The zero-order valence-electron chi connectivity index (χ0n) is 14.6. The van der Waals surface area contributed by atoms with Crippen molar-refractivity contribution in [3.63, 3.8) is 0 Å². The number of pyridine rings is 1. The lowest BCUT2D eigenvalue weighted by molar-refractivity contribution is -0.670. The Hall–Kier alpha value is -2.96. The maximum atomic E-state index is 11.9. The van der Waals surface area contributed by atoms with Crippen molar-refractivity contribution in [2.24, 2.45) is 17.3 Å². The fraction of sp³-hybridized carbons (Fsp3) is 0.294. The summed E-state index contributed by atoms with van der Waals surface area (Å²) in [5, 5.41) is 8.44. The molecule has 0 N–H and O–H groups in total. The lowest BCUT2D eigenvalue weighted by Crippen LogP contribution is -2.25. The number of hydrogen-bond donors (Lipinski definition) is 0. The van der Waals surface area contributed by atoms with Gasteiger partial charge in [-0.15, -0.1) is 10.2 Å². The van der Waals surface area contributed by atoms with E-state index in [1.165, 1.54) is 4.90 Å². The molecule has 1 aromatic carbocycles. The van der Waals surface area contributed by atoms with Crippen LogP contribution in [-0.2, 0) is 7.05 Å². The lowest BCUT2D eigenvalue weighted by Gasteiger charge is -2.16. The summed E-state index contributed by atoms with van der Waals surface area (Å²) in [5.74, 6) is 0.365. The van der Waals surface area contributed by atoms with Crippen LogP contribution in [0, 0.1) is 0 Å². The molecule has 0 atom stereocenters. The van der Waals surface area contributed by atoms with Crippen molar-refractivity contribution in [1.82, 2.24) is 4.90 Å². The average molecular weight is 328 g/mol. The topological polar surface area (TPSA) is 61.4 Å². The Bertz CT molecular complexity index is 756. The molecule has 0 spiro atoms. The molecule has 1 amide bonds. The number of benzene rings is 1. The van der Waals surface area contributed by atoms with E-state index in [2.05, 4.69) is 10.2 Å². The maximum Gasteiger partial charge on any atom is 0.414 e. The van der Waals surface area contributed by atoms with E-state index in [0.29, 0.717) is 17.1 Å². The van der Waals surface area contributed by atoms with Gasteiger partial charge in [-0.25, -0.2) is 9.36 Å². The minimum absolute atomic E-state index is 0.365. The second kappa shape index (κ2) is 7.54. The number of azo groups is 1. The lowest BCUT2D eigenvalue weighted by atomic mass is 10.2. The highest BCUT2D eigenvalue weighted by Crippen LogP contribution is 2.33. The summed E-state index contributed by atoms with van der Waals surface area (Å²) in [4.78, 5) is 15.2. The smallest absolute Gasteiger partial charge is 0.408 e. The van der Waals surface area contributed by atoms with Gasteiger partial charge in [0, 0.05) is 46.0 Å². The van der Waals surface area contributed by atoms with Crippen LogP contribution in [0.15, 0.2) is 53.0 Å². The van der Waals surface area contributed by atoms with Gasteiger partial charge in [0.2, 0.25) is 0 Å². The van der Waals surface area contributed by atoms with Crippen molar-refractivity contribution in [3.8, 4) is 5.75 Å². The third-order valence-electron chi connectivity index (χ3n) is 3.22. The van der Waals surface area contributed by atoms with Gasteiger partial charge in [-0.1, -0.05) is 0 Å². The Labute approximate surface area is 141 Å². The molecule has 0 bridgehead atoms. The number of rotatable bonds is 4. The minimum atomic E-state index is -0.464. The monoisotopic (exact) mass is 328 g/mol. The van der Waals surface area contributed by atoms with Crippen molar-refractivity contribution >= 4 is 23.2 Å². The van der Waals surface area contributed by atoms with Gasteiger partial charge in [-0.2, -0.15) is 0 Å². The molecule has 0 aliphatic heterocycles. The van der Waals surface area contributed by atoms with Crippen molar-refractivity contribution in [3.05, 3.63) is 42.7 Å². The number of nitrogens with zero attached hydrogens (tertiary/aromatic N) is 5. The third kappa shape index (κ3) is 4.52. The van der Waals surface area contributed by atoms with Crippen LogP contribution in [0.4, 0.5) is 21.9 Å². The van der Waals surface area contributed by atoms with Crippen LogP contribution in [0.1, 0.15) is 0 Å². The molecule has 2 aromatic rings. The number of carbonyl (C=O) groups excluding carboxylic acids is 1. The Morgan fingerprint density at radius 3 is 2.50 bits per heavy atom. The van der Waals surface area contributed by atoms with Crippen LogP contribution in [0.5, 0.6) is 5.75 Å². The summed E-state index contributed by atoms with van der Waals surface area (Å²) >= 11 is 0. The highest BCUT2D eigenvalue weighted by molar-refractivity contribution is 5.74. The molecule has 24 heavy (non-hydrogen) atoms. The zero-order chi connectivity index (χ0) is 17.7. The van der Waals surface area contributed by atoms with Crippen molar-refractivity contribution < 1.29 is 14.1 Å². The summed E-state index contributed by atoms with van der Waals surface area (Å²) < 4.78 is 7.30. The van der Waals surface area contributed by atoms with E-state index >= 15 is 0 Å². The molecule has 0 fully saturated rings. The van der Waals surface area contributed by atoms with Crippen molar-refractivity contribution in [2.45, 2.75) is 0 Å². The van der Waals surface area contributed by atoms with E-state index in [1.54, 1.807) is 26.2 Å². The Morgan fingerprint density at radius 2 is 1.88 bits per heavy atom. The first-order chi connectivity index (χ1) is 11.4. The summed E-state index contributed by atoms with van der Waals surface area (Å²) in [5.41, 5.74) is 2.10. The normalized spacial score (nSPS) is 10.7. The zero-order valence-corrected chi connectivity index (χ0v) is 14.6. The fourth-order valence-electron chi connectivity index (χ4n) is 1.87. The number of hydrogen-bond acceptors (Lipinski definition) is 5. The number of aromatic nitrogens is 1. The molecule has 0 aliphatic rings. The van der Waals surface area contributed by atoms with E-state index in [1.807, 2.05) is 61.2 Å². The summed E-state index contributed by atoms with van der Waals surface area (Å²) in [6, 6.07) is 9.17. The molecular weight excluding hydrogens is 306 g/mol. The Balaban J connectivity index is 2.35. The van der Waals surface area contributed by atoms with Crippen LogP contribution in [-0.4, -0.2) is 39.2 Å². The first kappa shape index (κ1) is 17.4. The molecule has 0 aliphatic carbocycles. The molecule has 1 aromatic heterocycles. The highest BCUT2D eigenvalue weighted by Gasteiger charge is 2.13. The van der Waals surface area contributed by atoms with Gasteiger partial charge in [0.05, 0.1) is 0 Å². The predicted molar refractivity (Wildman–Crippen MR) is 92.3 cm³/mol. The number of carbonyl (C=O) groups is 1. The molecule has 2 rings (SSSR count). The SMILES string of the molecule is CN(C)C(=O)Oc1cc(N(C)C)ccc1N=Nc1ccc[n+](C)c1. The standard InChI is InChI=1S/C17H22N5O2/c1-20(2)14-8-9-15(16(11-14)24-17(23)21(3)4)19-18-13-7-6-10-22(5)12-13/h6-12H,1-5H3/q+1. The summed E-state index contributed by atoms with van der Waals surface area (Å²) in [6.45, 7) is 0. The maximum absolute atomic E-state index is 11.9. The van der Waals surface area contributed by atoms with E-state index in [-0.39, 0.29) is 0 Å². The van der Waals surface area contributed by atoms with E-state index in [4.69, 9.17) is 4.74 Å². The fourth-order valence-corrected chi connectivity index (χ4v) is 1.87.